The predicted octanol–water partition coefficient (Wildman–Crippen LogP) is 5.93. The number of carbonyl (C=O) groups is 3. The van der Waals surface area contributed by atoms with Crippen LogP contribution in [0.3, 0.4) is 0 Å². The third kappa shape index (κ3) is 6.42. The molecular weight excluding hydrogens is 608 g/mol. The molecule has 0 unspecified atom stereocenters. The molecule has 1 saturated heterocycles. The zero-order valence-corrected chi connectivity index (χ0v) is 24.8. The number of pyridine rings is 1. The van der Waals surface area contributed by atoms with Crippen molar-refractivity contribution in [2.24, 2.45) is 0 Å². The van der Waals surface area contributed by atoms with Crippen molar-refractivity contribution in [2.75, 3.05) is 16.8 Å². The number of nitrogens with zero attached hydrogens (tertiary/aromatic N) is 2. The van der Waals surface area contributed by atoms with Gasteiger partial charge in [0.2, 0.25) is 0 Å². The van der Waals surface area contributed by atoms with Gasteiger partial charge in [-0.3, -0.25) is 9.78 Å². The van der Waals surface area contributed by atoms with Crippen LogP contribution in [0.2, 0.25) is 0 Å². The van der Waals surface area contributed by atoms with Crippen LogP contribution in [0.5, 0.6) is 5.75 Å². The highest BCUT2D eigenvalue weighted by atomic mass is 32.1. The van der Waals surface area contributed by atoms with Gasteiger partial charge in [0.15, 0.2) is 11.7 Å². The van der Waals surface area contributed by atoms with Gasteiger partial charge in [-0.1, -0.05) is 24.3 Å². The van der Waals surface area contributed by atoms with E-state index in [0.717, 1.165) is 6.07 Å². The summed E-state index contributed by atoms with van der Waals surface area (Å²) in [4.78, 5) is 42.3. The lowest BCUT2D eigenvalue weighted by Crippen LogP contribution is -2.29. The van der Waals surface area contributed by atoms with Crippen molar-refractivity contribution in [2.45, 2.75) is 12.1 Å². The topological polar surface area (TPSA) is 154 Å². The number of ether oxygens (including phenoxy) is 1. The number of furan rings is 1. The number of carbonyl (C=O) groups excluding carboxylic acids is 1. The van der Waals surface area contributed by atoms with Crippen LogP contribution >= 0.6 is 12.2 Å². The van der Waals surface area contributed by atoms with Crippen LogP contribution in [0.25, 0.3) is 11.3 Å². The number of nitrogens with one attached hydrogen (secondary N) is 2. The molecule has 46 heavy (non-hydrogen) atoms. The molecule has 4 N–H and O–H groups in total. The van der Waals surface area contributed by atoms with Crippen LogP contribution in [0, 0.1) is 0 Å². The number of hydrogen-bond donors (Lipinski definition) is 4. The first kappa shape index (κ1) is 30.0. The monoisotopic (exact) mass is 634 g/mol. The Bertz CT molecular complexity index is 1880. The number of carboxylic acids is 2. The van der Waals surface area contributed by atoms with Crippen molar-refractivity contribution in [3.05, 3.63) is 132 Å². The summed E-state index contributed by atoms with van der Waals surface area (Å²) in [5.74, 6) is -1.48. The summed E-state index contributed by atoms with van der Waals surface area (Å²) in [6.07, 6.45) is 1.68. The number of para-hydroxylation sites is 1. The minimum atomic E-state index is -1.26. The molecule has 6 rings (SSSR count). The van der Waals surface area contributed by atoms with E-state index in [9.17, 15) is 24.6 Å². The number of rotatable bonds is 10. The van der Waals surface area contributed by atoms with Gasteiger partial charge in [0, 0.05) is 23.1 Å². The van der Waals surface area contributed by atoms with Gasteiger partial charge < -0.3 is 34.9 Å². The summed E-state index contributed by atoms with van der Waals surface area (Å²) in [5, 5.41) is 25.7. The molecule has 230 valence electrons. The van der Waals surface area contributed by atoms with E-state index in [1.54, 1.807) is 42.6 Å². The molecule has 1 aliphatic heterocycles. The fourth-order valence-corrected chi connectivity index (χ4v) is 5.52. The first-order chi connectivity index (χ1) is 22.3. The second-order valence-electron chi connectivity index (χ2n) is 10.3. The molecule has 3 aromatic carbocycles. The number of aromatic nitrogens is 1. The number of amides is 1. The summed E-state index contributed by atoms with van der Waals surface area (Å²) in [5.41, 5.74) is 1.92. The Hall–Kier alpha value is -6.01. The molecule has 2 atom stereocenters. The molecule has 0 bridgehead atoms. The molecule has 0 radical (unpaired) electrons. The van der Waals surface area contributed by atoms with Crippen molar-refractivity contribution in [1.82, 2.24) is 10.3 Å². The highest BCUT2D eigenvalue weighted by Crippen LogP contribution is 2.43. The summed E-state index contributed by atoms with van der Waals surface area (Å²) >= 11 is 5.78. The van der Waals surface area contributed by atoms with Crippen LogP contribution in [0.1, 0.15) is 44.3 Å². The maximum Gasteiger partial charge on any atom is 0.335 e. The Morgan fingerprint density at radius 2 is 1.59 bits per heavy atom. The van der Waals surface area contributed by atoms with E-state index in [2.05, 4.69) is 15.6 Å². The van der Waals surface area contributed by atoms with E-state index < -0.39 is 24.0 Å². The average Bonchev–Trinajstić information content (AvgIpc) is 3.69. The molecule has 0 aliphatic carbocycles. The summed E-state index contributed by atoms with van der Waals surface area (Å²) in [7, 11) is 0. The average molecular weight is 635 g/mol. The second kappa shape index (κ2) is 12.9. The van der Waals surface area contributed by atoms with Crippen LogP contribution < -0.4 is 20.3 Å². The van der Waals surface area contributed by atoms with E-state index in [1.807, 2.05) is 53.4 Å². The third-order valence-corrected chi connectivity index (χ3v) is 7.58. The highest BCUT2D eigenvalue weighted by Gasteiger charge is 2.42. The Labute approximate surface area is 268 Å². The van der Waals surface area contributed by atoms with E-state index in [1.165, 1.54) is 12.1 Å². The van der Waals surface area contributed by atoms with Crippen molar-refractivity contribution < 1.29 is 33.8 Å². The van der Waals surface area contributed by atoms with Crippen LogP contribution in [-0.2, 0) is 4.79 Å². The molecule has 0 saturated carbocycles. The first-order valence-corrected chi connectivity index (χ1v) is 14.5. The van der Waals surface area contributed by atoms with Crippen molar-refractivity contribution in [3.63, 3.8) is 0 Å². The summed E-state index contributed by atoms with van der Waals surface area (Å²) in [6.45, 7) is -0.149. The standard InChI is InChI=1S/C34H26N4O7S/c39-29(19-44-25-6-2-1-3-7-25)36-23-9-11-24(12-10-23)38-31(30(37-34(38)46)26-8-4-5-15-35-26)28-14-13-27(45-28)20-16-21(32(40)41)18-22(17-20)33(42)43/h1-18,30-31H,19H2,(H,36,39)(H,37,46)(H,40,41)(H,42,43)/t30-,31+/m1/s1. The lowest BCUT2D eigenvalue weighted by Gasteiger charge is -2.26. The smallest absolute Gasteiger partial charge is 0.335 e. The molecule has 0 spiro atoms. The summed E-state index contributed by atoms with van der Waals surface area (Å²) in [6, 6.07) is 28.0. The zero-order chi connectivity index (χ0) is 32.2. The SMILES string of the molecule is O=C(COc1ccccc1)Nc1ccc(N2C(=S)N[C@H](c3ccccn3)[C@@H]2c2ccc(-c3cc(C(=O)O)cc(C(=O)O)c3)o2)cc1. The maximum atomic E-state index is 12.5. The maximum absolute atomic E-state index is 12.5. The molecule has 3 heterocycles. The minimum Gasteiger partial charge on any atom is -0.484 e. The molecule has 1 fully saturated rings. The lowest BCUT2D eigenvalue weighted by molar-refractivity contribution is -0.118. The van der Waals surface area contributed by atoms with Gasteiger partial charge in [0.25, 0.3) is 5.91 Å². The molecule has 5 aromatic rings. The van der Waals surface area contributed by atoms with Gasteiger partial charge in [-0.05, 0) is 91.1 Å². The molecule has 1 amide bonds. The van der Waals surface area contributed by atoms with Gasteiger partial charge in [0.1, 0.15) is 23.3 Å². The van der Waals surface area contributed by atoms with Gasteiger partial charge in [0.05, 0.1) is 22.9 Å². The largest absolute Gasteiger partial charge is 0.484 e. The fraction of sp³-hybridized carbons (Fsp3) is 0.0882. The van der Waals surface area contributed by atoms with E-state index >= 15 is 0 Å². The van der Waals surface area contributed by atoms with Gasteiger partial charge >= 0.3 is 11.9 Å². The minimum absolute atomic E-state index is 0.149. The van der Waals surface area contributed by atoms with Crippen molar-refractivity contribution >= 4 is 46.6 Å². The van der Waals surface area contributed by atoms with E-state index in [-0.39, 0.29) is 29.4 Å². The van der Waals surface area contributed by atoms with Gasteiger partial charge in [-0.2, -0.15) is 0 Å². The fourth-order valence-electron chi connectivity index (χ4n) is 5.17. The number of anilines is 2. The van der Waals surface area contributed by atoms with Gasteiger partial charge in [-0.15, -0.1) is 0 Å². The molecule has 2 aromatic heterocycles. The first-order valence-electron chi connectivity index (χ1n) is 14.1. The number of hydrogen-bond acceptors (Lipinski definition) is 7. The van der Waals surface area contributed by atoms with Crippen molar-refractivity contribution in [3.8, 4) is 17.1 Å². The van der Waals surface area contributed by atoms with Gasteiger partial charge in [-0.25, -0.2) is 9.59 Å². The zero-order valence-electron chi connectivity index (χ0n) is 24.0. The molecule has 12 heteroatoms. The molecule has 11 nitrogen and oxygen atoms in total. The number of aromatic carboxylic acids is 2. The van der Waals surface area contributed by atoms with E-state index in [0.29, 0.717) is 39.3 Å². The van der Waals surface area contributed by atoms with Crippen molar-refractivity contribution in [1.29, 1.82) is 0 Å². The second-order valence-corrected chi connectivity index (χ2v) is 10.7. The predicted molar refractivity (Wildman–Crippen MR) is 173 cm³/mol. The Kier molecular flexibility index (Phi) is 8.44. The molecular formula is C34H26N4O7S. The van der Waals surface area contributed by atoms with Crippen LogP contribution in [-0.4, -0.2) is 44.8 Å². The highest BCUT2D eigenvalue weighted by molar-refractivity contribution is 7.80. The van der Waals surface area contributed by atoms with Crippen LogP contribution in [0.15, 0.2) is 114 Å². The Morgan fingerprint density at radius 1 is 0.891 bits per heavy atom. The van der Waals surface area contributed by atoms with Crippen LogP contribution in [0.4, 0.5) is 11.4 Å². The molecule has 1 aliphatic rings. The lowest BCUT2D eigenvalue weighted by atomic mass is 10.0. The quantitative estimate of drug-likeness (QED) is 0.135. The third-order valence-electron chi connectivity index (χ3n) is 7.27. The Morgan fingerprint density at radius 3 is 2.24 bits per heavy atom. The Balaban J connectivity index is 1.29. The number of benzene rings is 3. The number of carboxylic acid groups (broad SMARTS) is 2. The normalized spacial score (nSPS) is 15.7. The van der Waals surface area contributed by atoms with E-state index in [4.69, 9.17) is 21.4 Å². The summed E-state index contributed by atoms with van der Waals surface area (Å²) < 4.78 is 11.8. The number of thiocarbonyl (C=S) groups is 1.